The van der Waals surface area contributed by atoms with E-state index in [4.69, 9.17) is 0 Å². The van der Waals surface area contributed by atoms with Crippen molar-refractivity contribution in [1.82, 2.24) is 9.80 Å². The monoisotopic (exact) mass is 487 g/mol. The second-order valence-corrected chi connectivity index (χ2v) is 10.7. The van der Waals surface area contributed by atoms with Crippen LogP contribution in [0.4, 0.5) is 18.9 Å². The molecule has 188 valence electrons. The molecule has 1 heterocycles. The van der Waals surface area contributed by atoms with Gasteiger partial charge in [-0.2, -0.15) is 13.2 Å². The predicted octanol–water partition coefficient (Wildman–Crippen LogP) is 4.93. The number of carbonyl (C=O) groups is 2. The van der Waals surface area contributed by atoms with Gasteiger partial charge < -0.3 is 15.1 Å². The molecule has 2 amide bonds. The van der Waals surface area contributed by atoms with Crippen LogP contribution in [0, 0.1) is 5.41 Å². The average molecular weight is 488 g/mol. The molecule has 4 rings (SSSR count). The molecule has 0 aromatic heterocycles. The van der Waals surface area contributed by atoms with Crippen molar-refractivity contribution in [1.29, 1.82) is 0 Å². The van der Waals surface area contributed by atoms with Crippen molar-refractivity contribution in [3.8, 4) is 0 Å². The molecule has 2 unspecified atom stereocenters. The van der Waals surface area contributed by atoms with Crippen LogP contribution >= 0.6 is 0 Å². The van der Waals surface area contributed by atoms with Crippen LogP contribution in [0.2, 0.25) is 0 Å². The Hall–Kier alpha value is -3.03. The number of hydrogen-bond acceptors (Lipinski definition) is 3. The number of benzene rings is 2. The summed E-state index contributed by atoms with van der Waals surface area (Å²) in [6.07, 6.45) is -3.81. The Morgan fingerprint density at radius 3 is 2.20 bits per heavy atom. The van der Waals surface area contributed by atoms with Crippen molar-refractivity contribution in [3.63, 3.8) is 0 Å². The van der Waals surface area contributed by atoms with Crippen molar-refractivity contribution < 1.29 is 22.8 Å². The molecule has 1 N–H and O–H groups in total. The minimum absolute atomic E-state index is 0.000726. The normalized spacial score (nSPS) is 21.0. The Bertz CT molecular complexity index is 1120. The molecule has 1 aliphatic carbocycles. The first-order valence-electron chi connectivity index (χ1n) is 11.8. The molecule has 2 aromatic rings. The lowest BCUT2D eigenvalue weighted by Gasteiger charge is -2.48. The van der Waals surface area contributed by atoms with E-state index in [1.54, 1.807) is 19.1 Å². The molecule has 1 fully saturated rings. The fraction of sp³-hybridized carbons (Fsp3) is 0.481. The van der Waals surface area contributed by atoms with Gasteiger partial charge >= 0.3 is 6.18 Å². The number of hydrogen-bond donors (Lipinski definition) is 1. The van der Waals surface area contributed by atoms with Crippen molar-refractivity contribution in [2.75, 3.05) is 25.5 Å². The van der Waals surface area contributed by atoms with E-state index >= 15 is 0 Å². The maximum Gasteiger partial charge on any atom is 0.413 e. The lowest BCUT2D eigenvalue weighted by molar-refractivity contribution is -0.197. The quantitative estimate of drug-likeness (QED) is 0.651. The second kappa shape index (κ2) is 8.57. The predicted molar refractivity (Wildman–Crippen MR) is 129 cm³/mol. The first kappa shape index (κ1) is 25.1. The van der Waals surface area contributed by atoms with Gasteiger partial charge in [0.2, 0.25) is 11.8 Å². The maximum atomic E-state index is 14.1. The van der Waals surface area contributed by atoms with E-state index in [-0.39, 0.29) is 36.0 Å². The zero-order valence-corrected chi connectivity index (χ0v) is 20.7. The standard InChI is InChI=1S/C27H32F3N3O2/c1-17(34)33-15-26(4,16-33)24(35)32(5)23(27(28,29)30)18-10-12-20(13-11-18)31-22-14-19-8-6-7-9-21(19)25(22,2)3/h6-13,22-23,31H,14-16H2,1-5H3. The molecule has 8 heteroatoms. The largest absolute Gasteiger partial charge is 0.413 e. The fourth-order valence-corrected chi connectivity index (χ4v) is 5.51. The highest BCUT2D eigenvalue weighted by molar-refractivity contribution is 5.87. The van der Waals surface area contributed by atoms with Crippen molar-refractivity contribution >= 4 is 17.5 Å². The Morgan fingerprint density at radius 1 is 1.06 bits per heavy atom. The number of amides is 2. The van der Waals surface area contributed by atoms with Gasteiger partial charge in [0, 0.05) is 44.2 Å². The third-order valence-corrected chi connectivity index (χ3v) is 7.63. The summed E-state index contributed by atoms with van der Waals surface area (Å²) in [5.41, 5.74) is 2.14. The summed E-state index contributed by atoms with van der Waals surface area (Å²) in [7, 11) is 1.19. The Labute approximate surface area is 204 Å². The van der Waals surface area contributed by atoms with Crippen LogP contribution in [0.3, 0.4) is 0 Å². The zero-order chi connectivity index (χ0) is 25.8. The lowest BCUT2D eigenvalue weighted by atomic mass is 9.80. The molecule has 2 aliphatic rings. The van der Waals surface area contributed by atoms with Gasteiger partial charge in [-0.1, -0.05) is 50.2 Å². The van der Waals surface area contributed by atoms with Gasteiger partial charge in [-0.15, -0.1) is 0 Å². The van der Waals surface area contributed by atoms with Gasteiger partial charge in [0.05, 0.1) is 5.41 Å². The van der Waals surface area contributed by atoms with E-state index in [0.717, 1.165) is 17.0 Å². The van der Waals surface area contributed by atoms with Crippen LogP contribution < -0.4 is 5.32 Å². The van der Waals surface area contributed by atoms with Gasteiger partial charge in [-0.25, -0.2) is 0 Å². The molecule has 0 saturated carbocycles. The molecule has 1 aliphatic heterocycles. The van der Waals surface area contributed by atoms with Crippen LogP contribution in [-0.4, -0.2) is 54.0 Å². The average Bonchev–Trinajstić information content (AvgIpc) is 3.01. The molecule has 5 nitrogen and oxygen atoms in total. The highest BCUT2D eigenvalue weighted by atomic mass is 19.4. The first-order chi connectivity index (χ1) is 16.2. The number of halogens is 3. The van der Waals surface area contributed by atoms with E-state index in [9.17, 15) is 22.8 Å². The fourth-order valence-electron chi connectivity index (χ4n) is 5.51. The Kier molecular flexibility index (Phi) is 6.14. The van der Waals surface area contributed by atoms with Crippen molar-refractivity contribution in [2.24, 2.45) is 5.41 Å². The van der Waals surface area contributed by atoms with Crippen LogP contribution in [-0.2, 0) is 21.4 Å². The first-order valence-corrected chi connectivity index (χ1v) is 11.8. The maximum absolute atomic E-state index is 14.1. The lowest BCUT2D eigenvalue weighted by Crippen LogP contribution is -2.63. The number of rotatable bonds is 5. The molecule has 0 radical (unpaired) electrons. The van der Waals surface area contributed by atoms with Gasteiger partial charge in [0.1, 0.15) is 0 Å². The second-order valence-electron chi connectivity index (χ2n) is 10.7. The van der Waals surface area contributed by atoms with Gasteiger partial charge in [0.25, 0.3) is 0 Å². The number of fused-ring (bicyclic) bond motifs is 1. The molecule has 2 atom stereocenters. The van der Waals surface area contributed by atoms with Crippen LogP contribution in [0.25, 0.3) is 0 Å². The topological polar surface area (TPSA) is 52.7 Å². The smallest absolute Gasteiger partial charge is 0.381 e. The van der Waals surface area contributed by atoms with Crippen molar-refractivity contribution in [3.05, 3.63) is 65.2 Å². The molecular weight excluding hydrogens is 455 g/mol. The highest BCUT2D eigenvalue weighted by Gasteiger charge is 2.52. The molecule has 1 saturated heterocycles. The Balaban J connectivity index is 1.51. The summed E-state index contributed by atoms with van der Waals surface area (Å²) in [6.45, 7) is 7.57. The van der Waals surface area contributed by atoms with E-state index in [0.29, 0.717) is 0 Å². The molecule has 0 spiro atoms. The third kappa shape index (κ3) is 4.50. The molecule has 2 aromatic carbocycles. The summed E-state index contributed by atoms with van der Waals surface area (Å²) < 4.78 is 42.4. The summed E-state index contributed by atoms with van der Waals surface area (Å²) in [5.74, 6) is -0.813. The Morgan fingerprint density at radius 2 is 1.66 bits per heavy atom. The van der Waals surface area contributed by atoms with Crippen LogP contribution in [0.5, 0.6) is 0 Å². The zero-order valence-electron chi connectivity index (χ0n) is 20.7. The minimum Gasteiger partial charge on any atom is -0.381 e. The van der Waals surface area contributed by atoms with E-state index in [2.05, 4.69) is 31.3 Å². The van der Waals surface area contributed by atoms with E-state index in [1.165, 1.54) is 42.1 Å². The summed E-state index contributed by atoms with van der Waals surface area (Å²) in [5, 5.41) is 3.49. The minimum atomic E-state index is -4.64. The SMILES string of the molecule is CC(=O)N1CC(C)(C(=O)N(C)C(c2ccc(NC3Cc4ccccc4C3(C)C)cc2)C(F)(F)F)C1. The highest BCUT2D eigenvalue weighted by Crippen LogP contribution is 2.42. The number of nitrogens with one attached hydrogen (secondary N) is 1. The third-order valence-electron chi connectivity index (χ3n) is 7.63. The summed E-state index contributed by atoms with van der Waals surface area (Å²) in [6, 6.07) is 12.5. The van der Waals surface area contributed by atoms with Gasteiger partial charge in [-0.3, -0.25) is 9.59 Å². The number of likely N-dealkylation sites (tertiary alicyclic amines) is 1. The van der Waals surface area contributed by atoms with Crippen LogP contribution in [0.15, 0.2) is 48.5 Å². The summed E-state index contributed by atoms with van der Waals surface area (Å²) in [4.78, 5) is 26.8. The van der Waals surface area contributed by atoms with Gasteiger partial charge in [0.15, 0.2) is 6.04 Å². The summed E-state index contributed by atoms with van der Waals surface area (Å²) >= 11 is 0. The number of anilines is 1. The number of alkyl halides is 3. The van der Waals surface area contributed by atoms with Gasteiger partial charge in [-0.05, 0) is 42.2 Å². The van der Waals surface area contributed by atoms with Crippen LogP contribution in [0.1, 0.15) is 50.4 Å². The number of nitrogens with zero attached hydrogens (tertiary/aromatic N) is 2. The molecule has 35 heavy (non-hydrogen) atoms. The van der Waals surface area contributed by atoms with Crippen molar-refractivity contribution in [2.45, 2.75) is 57.8 Å². The molecular formula is C27H32F3N3O2. The van der Waals surface area contributed by atoms with E-state index < -0.39 is 23.5 Å². The molecule has 0 bridgehead atoms. The van der Waals surface area contributed by atoms with E-state index in [1.807, 2.05) is 12.1 Å². The number of carbonyl (C=O) groups excluding carboxylic acids is 2.